The van der Waals surface area contributed by atoms with Crippen molar-refractivity contribution in [2.75, 3.05) is 50.7 Å². The minimum Gasteiger partial charge on any atom is -0.494 e. The van der Waals surface area contributed by atoms with Crippen molar-refractivity contribution in [2.24, 2.45) is 0 Å². The lowest BCUT2D eigenvalue weighted by Gasteiger charge is -2.21. The van der Waals surface area contributed by atoms with Gasteiger partial charge < -0.3 is 29.6 Å². The zero-order chi connectivity index (χ0) is 29.3. The summed E-state index contributed by atoms with van der Waals surface area (Å²) in [7, 11) is 1.58. The van der Waals surface area contributed by atoms with Crippen LogP contribution in [0.25, 0.3) is 33.5 Å². The van der Waals surface area contributed by atoms with Crippen molar-refractivity contribution in [3.8, 4) is 28.4 Å². The maximum Gasteiger partial charge on any atom is 0.412 e. The fraction of sp³-hybridized carbons (Fsp3) is 0.286. The van der Waals surface area contributed by atoms with Crippen molar-refractivity contribution in [3.05, 3.63) is 49.1 Å². The lowest BCUT2D eigenvalue weighted by Crippen LogP contribution is -2.36. The molecule has 1 unspecified atom stereocenters. The first-order valence-corrected chi connectivity index (χ1v) is 13.7. The lowest BCUT2D eigenvalue weighted by molar-refractivity contribution is -0.139. The van der Waals surface area contributed by atoms with E-state index in [9.17, 15) is 9.59 Å². The molecule has 43 heavy (non-hydrogen) atoms. The second-order valence-corrected chi connectivity index (χ2v) is 9.81. The van der Waals surface area contributed by atoms with Crippen LogP contribution in [0, 0.1) is 0 Å². The Hall–Kier alpha value is -5.44. The van der Waals surface area contributed by atoms with Crippen LogP contribution in [0.15, 0.2) is 49.1 Å². The van der Waals surface area contributed by atoms with Crippen molar-refractivity contribution >= 4 is 40.1 Å². The number of hydrogen-bond acceptors (Lipinski definition) is 12. The Morgan fingerprint density at radius 2 is 2.12 bits per heavy atom. The molecule has 2 aliphatic rings. The van der Waals surface area contributed by atoms with Gasteiger partial charge >= 0.3 is 12.1 Å². The summed E-state index contributed by atoms with van der Waals surface area (Å²) in [5.74, 6) is 1.14. The van der Waals surface area contributed by atoms with Crippen molar-refractivity contribution < 1.29 is 28.5 Å². The minimum atomic E-state index is -0.705. The predicted molar refractivity (Wildman–Crippen MR) is 154 cm³/mol. The SMILES string of the molecule is COc1cc2c(cc1-n1nc(NC(=O)OCCNC3CCOC3=O)c3cnc(-c4cnn5cccnc45)cc31)OCCN2. The van der Waals surface area contributed by atoms with Gasteiger partial charge in [-0.1, -0.05) is 0 Å². The molecule has 15 nitrogen and oxygen atoms in total. The molecule has 1 atom stereocenters. The Kier molecular flexibility index (Phi) is 6.82. The number of nitrogens with one attached hydrogen (secondary N) is 3. The number of esters is 1. The number of pyridine rings is 1. The molecule has 7 rings (SSSR count). The number of rotatable bonds is 8. The summed E-state index contributed by atoms with van der Waals surface area (Å²) in [6.45, 7) is 1.92. The summed E-state index contributed by atoms with van der Waals surface area (Å²) in [6.07, 6.45) is 6.71. The number of nitrogens with zero attached hydrogens (tertiary/aromatic N) is 6. The third kappa shape index (κ3) is 4.99. The number of aromatic nitrogens is 6. The van der Waals surface area contributed by atoms with Gasteiger partial charge in [0.2, 0.25) is 0 Å². The van der Waals surface area contributed by atoms with Gasteiger partial charge in [-0.2, -0.15) is 5.10 Å². The number of ether oxygens (including phenoxy) is 4. The van der Waals surface area contributed by atoms with Gasteiger partial charge in [-0.25, -0.2) is 19.0 Å². The van der Waals surface area contributed by atoms with E-state index in [0.29, 0.717) is 72.2 Å². The molecular weight excluding hydrogens is 558 g/mol. The highest BCUT2D eigenvalue weighted by Crippen LogP contribution is 2.39. The lowest BCUT2D eigenvalue weighted by atomic mass is 10.1. The summed E-state index contributed by atoms with van der Waals surface area (Å²) < 4.78 is 25.2. The smallest absolute Gasteiger partial charge is 0.412 e. The van der Waals surface area contributed by atoms with Crippen molar-refractivity contribution in [3.63, 3.8) is 0 Å². The number of benzene rings is 1. The Balaban J connectivity index is 1.23. The van der Waals surface area contributed by atoms with Crippen LogP contribution in [-0.4, -0.2) is 87.5 Å². The Morgan fingerprint density at radius 3 is 2.98 bits per heavy atom. The molecule has 2 aliphatic heterocycles. The fourth-order valence-electron chi connectivity index (χ4n) is 5.11. The van der Waals surface area contributed by atoms with Gasteiger partial charge in [-0.15, -0.1) is 5.10 Å². The molecule has 0 radical (unpaired) electrons. The standard InChI is InChI=1S/C28H27N9O6/c1-40-24-12-20-23(41-9-5-30-20)13-22(24)37-21-11-19(16-15-33-36-7-2-4-31-26(16)36)32-14-17(21)25(35-37)34-28(39)43-10-6-29-18-3-8-42-27(18)38/h2,4,7,11-15,18,29-30H,3,5-6,8-10H2,1H3,(H,34,35,39). The Morgan fingerprint density at radius 1 is 1.19 bits per heavy atom. The van der Waals surface area contributed by atoms with Crippen LogP contribution in [-0.2, 0) is 14.3 Å². The van der Waals surface area contributed by atoms with Crippen LogP contribution in [0.2, 0.25) is 0 Å². The molecule has 220 valence electrons. The molecule has 1 aromatic carbocycles. The van der Waals surface area contributed by atoms with Crippen LogP contribution in [0.4, 0.5) is 16.3 Å². The number of carbonyl (C=O) groups excluding carboxylic acids is 2. The van der Waals surface area contributed by atoms with E-state index in [1.165, 1.54) is 0 Å². The average Bonchev–Trinajstić information content (AvgIpc) is 3.75. The van der Waals surface area contributed by atoms with E-state index in [2.05, 4.69) is 31.0 Å². The monoisotopic (exact) mass is 585 g/mol. The second-order valence-electron chi connectivity index (χ2n) is 9.81. The summed E-state index contributed by atoms with van der Waals surface area (Å²) in [5, 5.41) is 18.8. The first kappa shape index (κ1) is 26.5. The molecule has 3 N–H and O–H groups in total. The highest BCUT2D eigenvalue weighted by Gasteiger charge is 2.26. The maximum atomic E-state index is 12.8. The van der Waals surface area contributed by atoms with Crippen molar-refractivity contribution in [2.45, 2.75) is 12.5 Å². The fourth-order valence-corrected chi connectivity index (χ4v) is 5.11. The van der Waals surface area contributed by atoms with Crippen molar-refractivity contribution in [1.82, 2.24) is 34.7 Å². The first-order valence-electron chi connectivity index (χ1n) is 13.7. The van der Waals surface area contributed by atoms with Gasteiger partial charge in [0.05, 0.1) is 47.8 Å². The normalized spacial score (nSPS) is 15.9. The molecule has 1 saturated heterocycles. The predicted octanol–water partition coefficient (Wildman–Crippen LogP) is 2.40. The third-order valence-electron chi connectivity index (χ3n) is 7.19. The average molecular weight is 586 g/mol. The molecule has 15 heteroatoms. The molecule has 1 fully saturated rings. The molecule has 5 aromatic rings. The van der Waals surface area contributed by atoms with Crippen LogP contribution >= 0.6 is 0 Å². The topological polar surface area (TPSA) is 168 Å². The summed E-state index contributed by atoms with van der Waals surface area (Å²) in [4.78, 5) is 33.5. The van der Waals surface area contributed by atoms with Crippen LogP contribution in [0.3, 0.4) is 0 Å². The number of carbonyl (C=O) groups is 2. The number of cyclic esters (lactones) is 1. The zero-order valence-corrected chi connectivity index (χ0v) is 23.1. The highest BCUT2D eigenvalue weighted by molar-refractivity contribution is 5.99. The van der Waals surface area contributed by atoms with E-state index >= 15 is 0 Å². The van der Waals surface area contributed by atoms with Gasteiger partial charge in [0, 0.05) is 50.2 Å². The highest BCUT2D eigenvalue weighted by atomic mass is 16.6. The second kappa shape index (κ2) is 11.1. The molecule has 0 bridgehead atoms. The maximum absolute atomic E-state index is 12.8. The third-order valence-corrected chi connectivity index (χ3v) is 7.19. The van der Waals surface area contributed by atoms with Gasteiger partial charge in [-0.3, -0.25) is 15.1 Å². The van der Waals surface area contributed by atoms with Crippen LogP contribution < -0.4 is 25.4 Å². The Labute approximate surface area is 244 Å². The largest absolute Gasteiger partial charge is 0.494 e. The Bertz CT molecular complexity index is 1850. The summed E-state index contributed by atoms with van der Waals surface area (Å²) >= 11 is 0. The minimum absolute atomic E-state index is 0.0430. The summed E-state index contributed by atoms with van der Waals surface area (Å²) in [5.41, 5.74) is 4.03. The molecule has 0 aliphatic carbocycles. The van der Waals surface area contributed by atoms with Gasteiger partial charge in [0.25, 0.3) is 0 Å². The van der Waals surface area contributed by atoms with Crippen LogP contribution in [0.5, 0.6) is 11.5 Å². The van der Waals surface area contributed by atoms with Gasteiger partial charge in [-0.05, 0) is 12.1 Å². The molecule has 0 spiro atoms. The number of fused-ring (bicyclic) bond motifs is 3. The zero-order valence-electron chi connectivity index (χ0n) is 23.1. The quantitative estimate of drug-likeness (QED) is 0.180. The number of amides is 1. The van der Waals surface area contributed by atoms with Gasteiger partial charge in [0.1, 0.15) is 36.4 Å². The van der Waals surface area contributed by atoms with Gasteiger partial charge in [0.15, 0.2) is 11.5 Å². The van der Waals surface area contributed by atoms with Crippen molar-refractivity contribution in [1.29, 1.82) is 0 Å². The first-order chi connectivity index (χ1) is 21.1. The van der Waals surface area contributed by atoms with E-state index in [1.54, 1.807) is 41.0 Å². The number of anilines is 2. The number of hydrogen-bond donors (Lipinski definition) is 3. The van der Waals surface area contributed by atoms with E-state index in [4.69, 9.17) is 24.0 Å². The van der Waals surface area contributed by atoms with E-state index < -0.39 is 6.09 Å². The summed E-state index contributed by atoms with van der Waals surface area (Å²) in [6, 6.07) is 6.95. The molecule has 1 amide bonds. The molecule has 6 heterocycles. The van der Waals surface area contributed by atoms with Crippen LogP contribution in [0.1, 0.15) is 6.42 Å². The molecule has 0 saturated carbocycles. The molecular formula is C28H27N9O6. The molecule has 4 aromatic heterocycles. The number of methoxy groups -OCH3 is 1. The van der Waals surface area contributed by atoms with E-state index in [-0.39, 0.29) is 24.4 Å². The van der Waals surface area contributed by atoms with E-state index in [1.807, 2.05) is 24.4 Å². The van der Waals surface area contributed by atoms with E-state index in [0.717, 1.165) is 11.3 Å².